The van der Waals surface area contributed by atoms with Crippen LogP contribution in [-0.4, -0.2) is 4.98 Å². The van der Waals surface area contributed by atoms with Gasteiger partial charge in [0.15, 0.2) is 0 Å². The summed E-state index contributed by atoms with van der Waals surface area (Å²) in [4.78, 5) is 4.12. The fourth-order valence-corrected chi connectivity index (χ4v) is 1.81. The molecular formula is C14H9ClN4. The van der Waals surface area contributed by atoms with Crippen molar-refractivity contribution in [3.05, 3.63) is 52.2 Å². The minimum Gasteiger partial charge on any atom is -0.338 e. The van der Waals surface area contributed by atoms with E-state index in [0.29, 0.717) is 27.7 Å². The van der Waals surface area contributed by atoms with E-state index in [2.05, 4.69) is 22.4 Å². The van der Waals surface area contributed by atoms with Crippen LogP contribution in [-0.2, 0) is 0 Å². The van der Waals surface area contributed by atoms with Crippen molar-refractivity contribution in [2.75, 3.05) is 5.32 Å². The summed E-state index contributed by atoms with van der Waals surface area (Å²) in [6, 6.07) is 10.8. The van der Waals surface area contributed by atoms with Gasteiger partial charge in [-0.2, -0.15) is 10.5 Å². The molecule has 0 saturated heterocycles. The van der Waals surface area contributed by atoms with E-state index in [0.717, 1.165) is 5.56 Å². The third kappa shape index (κ3) is 2.65. The Labute approximate surface area is 115 Å². The lowest BCUT2D eigenvalue weighted by Crippen LogP contribution is -2.00. The van der Waals surface area contributed by atoms with Gasteiger partial charge in [0, 0.05) is 11.2 Å². The third-order valence-corrected chi connectivity index (χ3v) is 2.86. The normalized spacial score (nSPS) is 9.47. The summed E-state index contributed by atoms with van der Waals surface area (Å²) in [7, 11) is 0. The summed E-state index contributed by atoms with van der Waals surface area (Å²) < 4.78 is 0. The first-order valence-electron chi connectivity index (χ1n) is 5.48. The van der Waals surface area contributed by atoms with Crippen LogP contribution in [0, 0.1) is 29.6 Å². The Morgan fingerprint density at radius 3 is 2.68 bits per heavy atom. The topological polar surface area (TPSA) is 72.5 Å². The number of nitrogens with zero attached hydrogens (tertiary/aromatic N) is 3. The zero-order valence-electron chi connectivity index (χ0n) is 10.1. The van der Waals surface area contributed by atoms with Crippen molar-refractivity contribution in [3.63, 3.8) is 0 Å². The lowest BCUT2D eigenvalue weighted by molar-refractivity contribution is 1.24. The summed E-state index contributed by atoms with van der Waals surface area (Å²) in [6.45, 7) is 1.83. The second-order valence-corrected chi connectivity index (χ2v) is 4.33. The molecule has 0 aliphatic heterocycles. The van der Waals surface area contributed by atoms with Crippen molar-refractivity contribution in [2.45, 2.75) is 6.92 Å². The molecule has 2 aromatic rings. The van der Waals surface area contributed by atoms with Gasteiger partial charge in [0.05, 0.1) is 16.8 Å². The van der Waals surface area contributed by atoms with E-state index in [4.69, 9.17) is 22.1 Å². The monoisotopic (exact) mass is 268 g/mol. The van der Waals surface area contributed by atoms with Gasteiger partial charge in [-0.3, -0.25) is 0 Å². The van der Waals surface area contributed by atoms with Crippen molar-refractivity contribution >= 4 is 23.1 Å². The van der Waals surface area contributed by atoms with Crippen LogP contribution in [0.5, 0.6) is 0 Å². The van der Waals surface area contributed by atoms with Crippen LogP contribution in [0.15, 0.2) is 30.5 Å². The highest BCUT2D eigenvalue weighted by atomic mass is 35.5. The van der Waals surface area contributed by atoms with E-state index < -0.39 is 0 Å². The van der Waals surface area contributed by atoms with Crippen molar-refractivity contribution in [2.24, 2.45) is 0 Å². The number of nitrogens with one attached hydrogen (secondary N) is 1. The number of halogens is 1. The molecule has 19 heavy (non-hydrogen) atoms. The molecule has 0 unspecified atom stereocenters. The Bertz CT molecular complexity index is 710. The van der Waals surface area contributed by atoms with E-state index in [1.807, 2.05) is 6.92 Å². The number of aromatic nitrogens is 1. The van der Waals surface area contributed by atoms with Crippen LogP contribution in [0.2, 0.25) is 5.02 Å². The summed E-state index contributed by atoms with van der Waals surface area (Å²) in [5.74, 6) is 0.418. The van der Waals surface area contributed by atoms with Crippen LogP contribution in [0.25, 0.3) is 0 Å². The molecule has 92 valence electrons. The molecule has 5 heteroatoms. The summed E-state index contributed by atoms with van der Waals surface area (Å²) in [5.41, 5.74) is 2.24. The van der Waals surface area contributed by atoms with Gasteiger partial charge in [-0.1, -0.05) is 11.6 Å². The van der Waals surface area contributed by atoms with Crippen molar-refractivity contribution < 1.29 is 0 Å². The molecule has 2 rings (SSSR count). The van der Waals surface area contributed by atoms with Crippen LogP contribution >= 0.6 is 11.6 Å². The van der Waals surface area contributed by atoms with Gasteiger partial charge < -0.3 is 5.32 Å². The lowest BCUT2D eigenvalue weighted by atomic mass is 10.1. The van der Waals surface area contributed by atoms with E-state index in [9.17, 15) is 0 Å². The van der Waals surface area contributed by atoms with Crippen LogP contribution in [0.3, 0.4) is 0 Å². The van der Waals surface area contributed by atoms with E-state index in [-0.39, 0.29) is 0 Å². The van der Waals surface area contributed by atoms with E-state index in [1.54, 1.807) is 30.5 Å². The average molecular weight is 269 g/mol. The first kappa shape index (κ1) is 12.9. The van der Waals surface area contributed by atoms with Gasteiger partial charge >= 0.3 is 0 Å². The van der Waals surface area contributed by atoms with Gasteiger partial charge in [0.2, 0.25) is 0 Å². The molecule has 0 spiro atoms. The Hall–Kier alpha value is -2.56. The Morgan fingerprint density at radius 1 is 1.21 bits per heavy atom. The van der Waals surface area contributed by atoms with Gasteiger partial charge in [0.1, 0.15) is 18.0 Å². The minimum atomic E-state index is 0.418. The molecule has 0 aliphatic rings. The molecule has 0 saturated carbocycles. The number of pyridine rings is 1. The number of hydrogen-bond donors (Lipinski definition) is 1. The molecule has 0 fully saturated rings. The highest BCUT2D eigenvalue weighted by molar-refractivity contribution is 6.30. The van der Waals surface area contributed by atoms with Gasteiger partial charge in [0.25, 0.3) is 0 Å². The largest absolute Gasteiger partial charge is 0.338 e. The second-order valence-electron chi connectivity index (χ2n) is 3.89. The molecule has 4 nitrogen and oxygen atoms in total. The van der Waals surface area contributed by atoms with Crippen LogP contribution < -0.4 is 5.32 Å². The number of benzene rings is 1. The first-order chi connectivity index (χ1) is 9.15. The molecule has 1 aromatic heterocycles. The van der Waals surface area contributed by atoms with Crippen molar-refractivity contribution in [3.8, 4) is 12.1 Å². The Kier molecular flexibility index (Phi) is 3.66. The highest BCUT2D eigenvalue weighted by Gasteiger charge is 2.09. The zero-order valence-corrected chi connectivity index (χ0v) is 10.9. The minimum absolute atomic E-state index is 0.418. The van der Waals surface area contributed by atoms with Gasteiger partial charge in [-0.25, -0.2) is 4.98 Å². The fraction of sp³-hybridized carbons (Fsp3) is 0.0714. The number of rotatable bonds is 2. The standard InChI is InChI=1S/C14H9ClN4/c1-9-4-5-18-14(12(9)8-17)19-13-6-11(15)3-2-10(13)7-16/h2-6H,1H3,(H,18,19). The summed E-state index contributed by atoms with van der Waals surface area (Å²) >= 11 is 5.91. The second kappa shape index (κ2) is 5.39. The smallest absolute Gasteiger partial charge is 0.148 e. The summed E-state index contributed by atoms with van der Waals surface area (Å²) in [5, 5.41) is 21.7. The molecule has 1 N–H and O–H groups in total. The molecule has 1 heterocycles. The van der Waals surface area contributed by atoms with E-state index in [1.165, 1.54) is 0 Å². The maximum atomic E-state index is 9.14. The lowest BCUT2D eigenvalue weighted by Gasteiger charge is -2.10. The molecule has 0 atom stereocenters. The number of nitriles is 2. The molecular weight excluding hydrogens is 260 g/mol. The fourth-order valence-electron chi connectivity index (χ4n) is 1.64. The number of hydrogen-bond acceptors (Lipinski definition) is 4. The molecule has 0 bridgehead atoms. The van der Waals surface area contributed by atoms with Crippen molar-refractivity contribution in [1.82, 2.24) is 4.98 Å². The molecule has 0 amide bonds. The first-order valence-corrected chi connectivity index (χ1v) is 5.86. The molecule has 1 aromatic carbocycles. The van der Waals surface area contributed by atoms with Crippen LogP contribution in [0.4, 0.5) is 11.5 Å². The zero-order chi connectivity index (χ0) is 13.8. The number of aryl methyl sites for hydroxylation is 1. The van der Waals surface area contributed by atoms with Crippen molar-refractivity contribution in [1.29, 1.82) is 10.5 Å². The highest BCUT2D eigenvalue weighted by Crippen LogP contribution is 2.25. The maximum Gasteiger partial charge on any atom is 0.148 e. The number of anilines is 2. The SMILES string of the molecule is Cc1ccnc(Nc2cc(Cl)ccc2C#N)c1C#N. The Morgan fingerprint density at radius 2 is 2.00 bits per heavy atom. The predicted molar refractivity (Wildman–Crippen MR) is 73.1 cm³/mol. The van der Waals surface area contributed by atoms with E-state index >= 15 is 0 Å². The maximum absolute atomic E-state index is 9.14. The quantitative estimate of drug-likeness (QED) is 0.904. The third-order valence-electron chi connectivity index (χ3n) is 2.63. The average Bonchev–Trinajstić information content (AvgIpc) is 2.39. The predicted octanol–water partition coefficient (Wildman–Crippen LogP) is 3.53. The summed E-state index contributed by atoms with van der Waals surface area (Å²) in [6.07, 6.45) is 1.61. The Balaban J connectivity index is 2.49. The van der Waals surface area contributed by atoms with Gasteiger partial charge in [-0.05, 0) is 36.8 Å². The van der Waals surface area contributed by atoms with Gasteiger partial charge in [-0.15, -0.1) is 0 Å². The molecule has 0 aliphatic carbocycles. The van der Waals surface area contributed by atoms with Crippen LogP contribution in [0.1, 0.15) is 16.7 Å². The molecule has 0 radical (unpaired) electrons.